The highest BCUT2D eigenvalue weighted by molar-refractivity contribution is 5.46. The maximum absolute atomic E-state index is 5.52. The van der Waals surface area contributed by atoms with Crippen molar-refractivity contribution in [3.63, 3.8) is 0 Å². The van der Waals surface area contributed by atoms with Crippen molar-refractivity contribution < 1.29 is 0 Å². The number of aromatic nitrogens is 2. The van der Waals surface area contributed by atoms with Crippen LogP contribution in [0.4, 0.5) is 5.69 Å². The lowest BCUT2D eigenvalue weighted by Gasteiger charge is -1.93. The highest BCUT2D eigenvalue weighted by Crippen LogP contribution is 2.04. The van der Waals surface area contributed by atoms with Crippen LogP contribution in [0.25, 0.3) is 5.65 Å². The second-order valence-corrected chi connectivity index (χ2v) is 2.10. The number of nitrogens with two attached hydrogens (primary N) is 1. The summed E-state index contributed by atoms with van der Waals surface area (Å²) in [6, 6.07) is 3.67. The number of hydrogen-bond donors (Lipinski definition) is 1. The SMILES string of the molecule is Nc1ccc2n[c]cn2c1. The smallest absolute Gasteiger partial charge is 0.137 e. The third-order valence-electron chi connectivity index (χ3n) is 1.35. The van der Waals surface area contributed by atoms with E-state index in [0.717, 1.165) is 11.3 Å². The molecule has 3 nitrogen and oxygen atoms in total. The van der Waals surface area contributed by atoms with Gasteiger partial charge in [0, 0.05) is 18.1 Å². The van der Waals surface area contributed by atoms with Gasteiger partial charge in [0.05, 0.1) is 0 Å². The van der Waals surface area contributed by atoms with Crippen molar-refractivity contribution in [2.45, 2.75) is 0 Å². The van der Waals surface area contributed by atoms with E-state index in [0.29, 0.717) is 0 Å². The number of pyridine rings is 1. The van der Waals surface area contributed by atoms with Crippen LogP contribution in [0.15, 0.2) is 24.5 Å². The third-order valence-corrected chi connectivity index (χ3v) is 1.35. The van der Waals surface area contributed by atoms with Gasteiger partial charge in [-0.15, -0.1) is 0 Å². The monoisotopic (exact) mass is 132 g/mol. The predicted molar refractivity (Wildman–Crippen MR) is 38.4 cm³/mol. The Balaban J connectivity index is 2.86. The van der Waals surface area contributed by atoms with E-state index in [1.165, 1.54) is 0 Å². The van der Waals surface area contributed by atoms with Crippen molar-refractivity contribution in [3.8, 4) is 0 Å². The molecule has 0 saturated carbocycles. The van der Waals surface area contributed by atoms with Crippen LogP contribution in [0.1, 0.15) is 0 Å². The van der Waals surface area contributed by atoms with Gasteiger partial charge in [0.15, 0.2) is 0 Å². The van der Waals surface area contributed by atoms with E-state index in [1.54, 1.807) is 12.4 Å². The summed E-state index contributed by atoms with van der Waals surface area (Å²) in [6.07, 6.45) is 6.27. The molecule has 0 aromatic carbocycles. The van der Waals surface area contributed by atoms with E-state index < -0.39 is 0 Å². The van der Waals surface area contributed by atoms with E-state index in [-0.39, 0.29) is 0 Å². The maximum Gasteiger partial charge on any atom is 0.137 e. The van der Waals surface area contributed by atoms with Crippen molar-refractivity contribution in [2.24, 2.45) is 0 Å². The van der Waals surface area contributed by atoms with Crippen LogP contribution in [0.3, 0.4) is 0 Å². The van der Waals surface area contributed by atoms with Gasteiger partial charge in [-0.05, 0) is 12.1 Å². The van der Waals surface area contributed by atoms with Gasteiger partial charge < -0.3 is 10.1 Å². The summed E-state index contributed by atoms with van der Waals surface area (Å²) in [5.74, 6) is 0. The zero-order valence-electron chi connectivity index (χ0n) is 5.28. The Kier molecular flexibility index (Phi) is 0.917. The maximum atomic E-state index is 5.52. The molecule has 0 aliphatic heterocycles. The fourth-order valence-electron chi connectivity index (χ4n) is 0.882. The summed E-state index contributed by atoms with van der Waals surface area (Å²) < 4.78 is 1.83. The Bertz CT molecular complexity index is 350. The topological polar surface area (TPSA) is 43.3 Å². The van der Waals surface area contributed by atoms with Crippen LogP contribution in [0, 0.1) is 6.20 Å². The van der Waals surface area contributed by atoms with Crippen LogP contribution >= 0.6 is 0 Å². The summed E-state index contributed by atoms with van der Waals surface area (Å²) in [5, 5.41) is 0. The first-order chi connectivity index (χ1) is 4.86. The van der Waals surface area contributed by atoms with E-state index in [1.807, 2.05) is 16.5 Å². The Labute approximate surface area is 58.1 Å². The van der Waals surface area contributed by atoms with Crippen LogP contribution in [0.2, 0.25) is 0 Å². The highest BCUT2D eigenvalue weighted by atomic mass is 15.0. The number of imidazole rings is 1. The number of hydrogen-bond acceptors (Lipinski definition) is 2. The molecule has 2 heterocycles. The second kappa shape index (κ2) is 1.73. The van der Waals surface area contributed by atoms with Gasteiger partial charge in [0.2, 0.25) is 0 Å². The van der Waals surface area contributed by atoms with Gasteiger partial charge in [0.1, 0.15) is 11.8 Å². The first kappa shape index (κ1) is 5.29. The molecule has 1 radical (unpaired) electrons. The summed E-state index contributed by atoms with van der Waals surface area (Å²) in [6.45, 7) is 0. The van der Waals surface area contributed by atoms with Crippen molar-refractivity contribution in [2.75, 3.05) is 5.73 Å². The Morgan fingerprint density at radius 1 is 1.50 bits per heavy atom. The van der Waals surface area contributed by atoms with E-state index in [4.69, 9.17) is 5.73 Å². The molecule has 0 atom stereocenters. The molecule has 3 heteroatoms. The lowest BCUT2D eigenvalue weighted by molar-refractivity contribution is 1.19. The molecule has 2 aromatic heterocycles. The van der Waals surface area contributed by atoms with Gasteiger partial charge in [-0.2, -0.15) is 0 Å². The molecule has 2 aromatic rings. The molecule has 0 unspecified atom stereocenters. The van der Waals surface area contributed by atoms with Gasteiger partial charge in [0.25, 0.3) is 0 Å². The quantitative estimate of drug-likeness (QED) is 0.573. The summed E-state index contributed by atoms with van der Waals surface area (Å²) in [4.78, 5) is 3.94. The fourth-order valence-corrected chi connectivity index (χ4v) is 0.882. The third kappa shape index (κ3) is 0.639. The molecule has 0 aliphatic carbocycles. The Morgan fingerprint density at radius 3 is 3.30 bits per heavy atom. The Morgan fingerprint density at radius 2 is 2.40 bits per heavy atom. The number of nitrogens with zero attached hydrogens (tertiary/aromatic N) is 2. The molecule has 10 heavy (non-hydrogen) atoms. The van der Waals surface area contributed by atoms with Crippen molar-refractivity contribution in [1.29, 1.82) is 0 Å². The number of fused-ring (bicyclic) bond motifs is 1. The molecule has 2 rings (SSSR count). The van der Waals surface area contributed by atoms with Crippen LogP contribution < -0.4 is 5.73 Å². The summed E-state index contributed by atoms with van der Waals surface area (Å²) >= 11 is 0. The van der Waals surface area contributed by atoms with Crippen molar-refractivity contribution in [1.82, 2.24) is 9.38 Å². The predicted octanol–water partition coefficient (Wildman–Crippen LogP) is 0.717. The van der Waals surface area contributed by atoms with Gasteiger partial charge in [-0.3, -0.25) is 0 Å². The molecular weight excluding hydrogens is 126 g/mol. The zero-order chi connectivity index (χ0) is 6.97. The minimum absolute atomic E-state index is 0.735. The van der Waals surface area contributed by atoms with Crippen LogP contribution in [0.5, 0.6) is 0 Å². The minimum Gasteiger partial charge on any atom is -0.398 e. The highest BCUT2D eigenvalue weighted by Gasteiger charge is 1.90. The average molecular weight is 132 g/mol. The second-order valence-electron chi connectivity index (χ2n) is 2.10. The molecule has 0 bridgehead atoms. The molecule has 0 amide bonds. The fraction of sp³-hybridized carbons (Fsp3) is 0. The molecule has 2 N–H and O–H groups in total. The lowest BCUT2D eigenvalue weighted by Crippen LogP contribution is -1.88. The number of nitrogen functional groups attached to an aromatic ring is 1. The molecule has 49 valence electrons. The van der Waals surface area contributed by atoms with Crippen molar-refractivity contribution >= 4 is 11.3 Å². The van der Waals surface area contributed by atoms with Crippen LogP contribution in [-0.2, 0) is 0 Å². The molecule has 0 aliphatic rings. The average Bonchev–Trinajstić information content (AvgIpc) is 2.33. The molecular formula is C7H6N3. The lowest BCUT2D eigenvalue weighted by atomic mass is 10.4. The number of anilines is 1. The molecule has 0 saturated heterocycles. The largest absolute Gasteiger partial charge is 0.398 e. The summed E-state index contributed by atoms with van der Waals surface area (Å²) in [5.41, 5.74) is 7.13. The van der Waals surface area contributed by atoms with Crippen LogP contribution in [-0.4, -0.2) is 9.38 Å². The number of rotatable bonds is 0. The van der Waals surface area contributed by atoms with Gasteiger partial charge in [-0.25, -0.2) is 4.98 Å². The minimum atomic E-state index is 0.735. The van der Waals surface area contributed by atoms with Crippen molar-refractivity contribution in [3.05, 3.63) is 30.7 Å². The Hall–Kier alpha value is -1.51. The normalized spacial score (nSPS) is 10.4. The first-order valence-electron chi connectivity index (χ1n) is 2.96. The summed E-state index contributed by atoms with van der Waals surface area (Å²) in [7, 11) is 0. The standard InChI is InChI=1S/C7H6N3/c8-6-1-2-7-9-3-4-10(7)5-6/h1-2,4-5H,8H2. The molecule has 0 fully saturated rings. The van der Waals surface area contributed by atoms with E-state index >= 15 is 0 Å². The van der Waals surface area contributed by atoms with E-state index in [2.05, 4.69) is 11.2 Å². The van der Waals surface area contributed by atoms with Gasteiger partial charge >= 0.3 is 0 Å². The van der Waals surface area contributed by atoms with Gasteiger partial charge in [-0.1, -0.05) is 0 Å². The first-order valence-corrected chi connectivity index (χ1v) is 2.96. The van der Waals surface area contributed by atoms with E-state index in [9.17, 15) is 0 Å². The zero-order valence-corrected chi connectivity index (χ0v) is 5.28. The molecule has 0 spiro atoms.